The third kappa shape index (κ3) is 1.98. The highest BCUT2D eigenvalue weighted by molar-refractivity contribution is 5.93. The lowest BCUT2D eigenvalue weighted by Crippen LogP contribution is -2.48. The molecule has 0 heterocycles. The molecule has 0 radical (unpaired) electrons. The lowest BCUT2D eigenvalue weighted by atomic mass is 9.48. The lowest BCUT2D eigenvalue weighted by molar-refractivity contribution is -0.130. The van der Waals surface area contributed by atoms with Crippen LogP contribution in [0.4, 0.5) is 0 Å². The first-order chi connectivity index (χ1) is 11.0. The van der Waals surface area contributed by atoms with E-state index in [1.165, 1.54) is 16.7 Å². The molecule has 124 valence electrons. The number of allylic oxidation sites excluding steroid dienone is 4. The third-order valence-corrected chi connectivity index (χ3v) is 7.34. The fourth-order valence-corrected chi connectivity index (χ4v) is 6.23. The number of Topliss-reactive ketones (excluding diaryl/α,β-unsaturated/α-hetero) is 1. The maximum absolute atomic E-state index is 12.5. The fourth-order valence-electron chi connectivity index (χ4n) is 6.23. The quantitative estimate of drug-likeness (QED) is 0.848. The van der Waals surface area contributed by atoms with Gasteiger partial charge in [-0.1, -0.05) is 12.5 Å². The van der Waals surface area contributed by atoms with Crippen LogP contribution in [-0.4, -0.2) is 23.3 Å². The standard InChI is InChI=1S/C20H26O3/c1-19-8-7-16-15-3-2-14(22)12-13(15)6-9-20(16,10-11-21)17(19)4-5-18(19)23/h12,17,21H,2-11H2,1H3/t17-,19+,20?/m1/s1. The fraction of sp³-hybridized carbons (Fsp3) is 0.700. The van der Waals surface area contributed by atoms with Gasteiger partial charge in [0.25, 0.3) is 0 Å². The summed E-state index contributed by atoms with van der Waals surface area (Å²) in [7, 11) is 0. The molecule has 0 aromatic heterocycles. The Morgan fingerprint density at radius 3 is 2.74 bits per heavy atom. The van der Waals surface area contributed by atoms with Crippen LogP contribution in [0.3, 0.4) is 0 Å². The average molecular weight is 314 g/mol. The second kappa shape index (κ2) is 5.14. The summed E-state index contributed by atoms with van der Waals surface area (Å²) in [5.74, 6) is 1.07. The van der Waals surface area contributed by atoms with Gasteiger partial charge < -0.3 is 5.11 Å². The Labute approximate surface area is 137 Å². The predicted molar refractivity (Wildman–Crippen MR) is 87.8 cm³/mol. The highest BCUT2D eigenvalue weighted by Gasteiger charge is 2.60. The molecule has 4 aliphatic rings. The molecule has 0 bridgehead atoms. The van der Waals surface area contributed by atoms with E-state index in [-0.39, 0.29) is 23.2 Å². The molecule has 2 saturated carbocycles. The summed E-state index contributed by atoms with van der Waals surface area (Å²) >= 11 is 0. The van der Waals surface area contributed by atoms with Crippen LogP contribution < -0.4 is 0 Å². The summed E-state index contributed by atoms with van der Waals surface area (Å²) in [6.45, 7) is 2.36. The highest BCUT2D eigenvalue weighted by Crippen LogP contribution is 2.66. The maximum Gasteiger partial charge on any atom is 0.156 e. The van der Waals surface area contributed by atoms with E-state index in [0.29, 0.717) is 24.5 Å². The summed E-state index contributed by atoms with van der Waals surface area (Å²) in [5.41, 5.74) is 3.96. The molecule has 4 aliphatic carbocycles. The van der Waals surface area contributed by atoms with Crippen LogP contribution in [0.5, 0.6) is 0 Å². The minimum Gasteiger partial charge on any atom is -0.396 e. The number of ketones is 2. The van der Waals surface area contributed by atoms with Crippen molar-refractivity contribution in [1.29, 1.82) is 0 Å². The largest absolute Gasteiger partial charge is 0.396 e. The van der Waals surface area contributed by atoms with Gasteiger partial charge in [0.1, 0.15) is 5.78 Å². The SMILES string of the molecule is C[C@]12CCC3=C4CCC(=O)C=C4CCC3(CCO)[C@@H]1CCC2=O. The van der Waals surface area contributed by atoms with E-state index in [1.54, 1.807) is 0 Å². The molecule has 3 heteroatoms. The van der Waals surface area contributed by atoms with Crippen LogP contribution in [0.2, 0.25) is 0 Å². The van der Waals surface area contributed by atoms with Crippen LogP contribution in [0.25, 0.3) is 0 Å². The number of hydrogen-bond donors (Lipinski definition) is 1. The van der Waals surface area contributed by atoms with Crippen LogP contribution in [0, 0.1) is 16.7 Å². The summed E-state index contributed by atoms with van der Waals surface area (Å²) in [6, 6.07) is 0. The molecule has 2 fully saturated rings. The van der Waals surface area contributed by atoms with E-state index in [0.717, 1.165) is 44.9 Å². The normalized spacial score (nSPS) is 39.7. The monoisotopic (exact) mass is 314 g/mol. The molecule has 1 unspecified atom stereocenters. The predicted octanol–water partition coefficient (Wildman–Crippen LogP) is 3.51. The number of carbonyl (C=O) groups is 2. The molecule has 0 spiro atoms. The van der Waals surface area contributed by atoms with Crippen molar-refractivity contribution in [3.8, 4) is 0 Å². The number of hydrogen-bond acceptors (Lipinski definition) is 3. The average Bonchev–Trinajstić information content (AvgIpc) is 2.84. The number of carbonyl (C=O) groups excluding carboxylic acids is 2. The van der Waals surface area contributed by atoms with E-state index >= 15 is 0 Å². The first-order valence-corrected chi connectivity index (χ1v) is 9.12. The Kier molecular flexibility index (Phi) is 3.42. The molecule has 1 N–H and O–H groups in total. The Balaban J connectivity index is 1.86. The van der Waals surface area contributed by atoms with Gasteiger partial charge in [-0.05, 0) is 73.5 Å². The van der Waals surface area contributed by atoms with Crippen molar-refractivity contribution in [2.24, 2.45) is 16.7 Å². The van der Waals surface area contributed by atoms with Gasteiger partial charge in [0.15, 0.2) is 5.78 Å². The summed E-state index contributed by atoms with van der Waals surface area (Å²) in [5, 5.41) is 9.78. The Hall–Kier alpha value is -1.22. The summed E-state index contributed by atoms with van der Waals surface area (Å²) < 4.78 is 0. The molecule has 4 rings (SSSR count). The minimum absolute atomic E-state index is 0.000963. The molecule has 0 aromatic rings. The van der Waals surface area contributed by atoms with Crippen molar-refractivity contribution in [3.05, 3.63) is 22.8 Å². The Bertz CT molecular complexity index is 641. The van der Waals surface area contributed by atoms with Gasteiger partial charge in [-0.3, -0.25) is 9.59 Å². The first kappa shape index (κ1) is 15.3. The Morgan fingerprint density at radius 1 is 1.13 bits per heavy atom. The van der Waals surface area contributed by atoms with Gasteiger partial charge in [0.2, 0.25) is 0 Å². The van der Waals surface area contributed by atoms with Crippen LogP contribution in [0.1, 0.15) is 64.7 Å². The molecule has 0 aromatic carbocycles. The van der Waals surface area contributed by atoms with Gasteiger partial charge in [-0.2, -0.15) is 0 Å². The molecule has 0 saturated heterocycles. The van der Waals surface area contributed by atoms with Crippen LogP contribution in [0.15, 0.2) is 22.8 Å². The van der Waals surface area contributed by atoms with Gasteiger partial charge in [-0.15, -0.1) is 0 Å². The van der Waals surface area contributed by atoms with E-state index in [9.17, 15) is 14.7 Å². The van der Waals surface area contributed by atoms with Crippen molar-refractivity contribution in [2.75, 3.05) is 6.61 Å². The second-order valence-electron chi connectivity index (χ2n) is 8.15. The van der Waals surface area contributed by atoms with Gasteiger partial charge >= 0.3 is 0 Å². The molecule has 3 nitrogen and oxygen atoms in total. The maximum atomic E-state index is 12.5. The van der Waals surface area contributed by atoms with E-state index in [2.05, 4.69) is 6.92 Å². The van der Waals surface area contributed by atoms with Crippen molar-refractivity contribution in [3.63, 3.8) is 0 Å². The second-order valence-corrected chi connectivity index (χ2v) is 8.15. The van der Waals surface area contributed by atoms with Gasteiger partial charge in [-0.25, -0.2) is 0 Å². The zero-order valence-electron chi connectivity index (χ0n) is 14.0. The third-order valence-electron chi connectivity index (χ3n) is 7.34. The highest BCUT2D eigenvalue weighted by atomic mass is 16.3. The minimum atomic E-state index is -0.190. The molecule has 3 atom stereocenters. The molecule has 23 heavy (non-hydrogen) atoms. The van der Waals surface area contributed by atoms with Gasteiger partial charge in [0, 0.05) is 24.9 Å². The first-order valence-electron chi connectivity index (χ1n) is 9.12. The lowest BCUT2D eigenvalue weighted by Gasteiger charge is -2.55. The number of aliphatic hydroxyl groups excluding tert-OH is 1. The van der Waals surface area contributed by atoms with Crippen molar-refractivity contribution in [2.45, 2.75) is 64.7 Å². The van der Waals surface area contributed by atoms with Crippen LogP contribution in [-0.2, 0) is 9.59 Å². The topological polar surface area (TPSA) is 54.4 Å². The molecular formula is C20H26O3. The zero-order chi connectivity index (χ0) is 16.2. The van der Waals surface area contributed by atoms with Crippen molar-refractivity contribution in [1.82, 2.24) is 0 Å². The van der Waals surface area contributed by atoms with Crippen molar-refractivity contribution >= 4 is 11.6 Å². The van der Waals surface area contributed by atoms with Crippen LogP contribution >= 0.6 is 0 Å². The number of rotatable bonds is 2. The molecular weight excluding hydrogens is 288 g/mol. The smallest absolute Gasteiger partial charge is 0.156 e. The van der Waals surface area contributed by atoms with E-state index in [1.807, 2.05) is 6.08 Å². The summed E-state index contributed by atoms with van der Waals surface area (Å²) in [6.07, 6.45) is 9.67. The number of fused-ring (bicyclic) bond motifs is 4. The molecule has 0 amide bonds. The molecule has 0 aliphatic heterocycles. The van der Waals surface area contributed by atoms with Crippen molar-refractivity contribution < 1.29 is 14.7 Å². The Morgan fingerprint density at radius 2 is 1.96 bits per heavy atom. The zero-order valence-corrected chi connectivity index (χ0v) is 14.0. The van der Waals surface area contributed by atoms with Gasteiger partial charge in [0.05, 0.1) is 0 Å². The van der Waals surface area contributed by atoms with E-state index in [4.69, 9.17) is 0 Å². The summed E-state index contributed by atoms with van der Waals surface area (Å²) in [4.78, 5) is 24.3. The number of aliphatic hydroxyl groups is 1. The van der Waals surface area contributed by atoms with E-state index < -0.39 is 0 Å².